The molecule has 0 aliphatic heterocycles. The molecule has 0 aliphatic carbocycles. The molecule has 0 spiro atoms. The molecule has 0 saturated carbocycles. The van der Waals surface area contributed by atoms with Crippen LogP contribution in [-0.4, -0.2) is 30.6 Å². The lowest BCUT2D eigenvalue weighted by Crippen LogP contribution is -2.34. The summed E-state index contributed by atoms with van der Waals surface area (Å²) < 4.78 is 0. The van der Waals surface area contributed by atoms with E-state index in [1.807, 2.05) is 24.4 Å². The zero-order chi connectivity index (χ0) is 12.0. The van der Waals surface area contributed by atoms with E-state index in [-0.39, 0.29) is 11.9 Å². The van der Waals surface area contributed by atoms with E-state index in [1.165, 1.54) is 11.3 Å². The summed E-state index contributed by atoms with van der Waals surface area (Å²) in [5.74, 6) is 0.00520. The van der Waals surface area contributed by atoms with E-state index in [4.69, 9.17) is 0 Å². The van der Waals surface area contributed by atoms with Crippen LogP contribution in [-0.2, 0) is 4.79 Å². The number of hydrogen-bond acceptors (Lipinski definition) is 4. The van der Waals surface area contributed by atoms with Crippen LogP contribution in [0.15, 0.2) is 17.5 Å². The third-order valence-corrected chi connectivity index (χ3v) is 3.28. The van der Waals surface area contributed by atoms with Crippen molar-refractivity contribution < 1.29 is 9.90 Å². The summed E-state index contributed by atoms with van der Waals surface area (Å²) in [6.07, 6.45) is -0.0691. The van der Waals surface area contributed by atoms with Gasteiger partial charge in [-0.05, 0) is 18.4 Å². The smallest absolute Gasteiger partial charge is 0.221 e. The number of amides is 1. The van der Waals surface area contributed by atoms with E-state index in [2.05, 4.69) is 10.6 Å². The number of aliphatic hydroxyl groups excluding tert-OH is 1. The van der Waals surface area contributed by atoms with Crippen LogP contribution < -0.4 is 10.6 Å². The summed E-state index contributed by atoms with van der Waals surface area (Å²) in [5, 5.41) is 17.4. The number of carbonyl (C=O) groups is 1. The number of aliphatic hydroxyl groups is 1. The molecule has 1 aromatic rings. The van der Waals surface area contributed by atoms with Gasteiger partial charge in [0.25, 0.3) is 0 Å². The topological polar surface area (TPSA) is 61.4 Å². The molecule has 5 heteroatoms. The monoisotopic (exact) mass is 242 g/mol. The minimum atomic E-state index is -0.493. The summed E-state index contributed by atoms with van der Waals surface area (Å²) in [5.41, 5.74) is 0. The highest BCUT2D eigenvalue weighted by Crippen LogP contribution is 2.17. The minimum Gasteiger partial charge on any atom is -0.386 e. The Morgan fingerprint density at radius 3 is 2.94 bits per heavy atom. The Hall–Kier alpha value is -0.910. The summed E-state index contributed by atoms with van der Waals surface area (Å²) in [6.45, 7) is 2.40. The molecule has 4 nitrogen and oxygen atoms in total. The van der Waals surface area contributed by atoms with Gasteiger partial charge in [0.2, 0.25) is 5.91 Å². The van der Waals surface area contributed by atoms with E-state index in [0.29, 0.717) is 13.0 Å². The maximum absolute atomic E-state index is 11.1. The van der Waals surface area contributed by atoms with Crippen LogP contribution in [0.2, 0.25) is 0 Å². The van der Waals surface area contributed by atoms with E-state index >= 15 is 0 Å². The Balaban J connectivity index is 2.26. The number of rotatable bonds is 6. The van der Waals surface area contributed by atoms with Gasteiger partial charge in [-0.2, -0.15) is 0 Å². The van der Waals surface area contributed by atoms with E-state index in [1.54, 1.807) is 7.05 Å². The molecule has 16 heavy (non-hydrogen) atoms. The first-order chi connectivity index (χ1) is 7.63. The molecule has 2 atom stereocenters. The number of thiophene rings is 1. The zero-order valence-electron chi connectivity index (χ0n) is 9.56. The van der Waals surface area contributed by atoms with Crippen molar-refractivity contribution in [3.05, 3.63) is 22.4 Å². The van der Waals surface area contributed by atoms with Gasteiger partial charge in [0.1, 0.15) is 6.10 Å². The van der Waals surface area contributed by atoms with Gasteiger partial charge in [-0.1, -0.05) is 6.07 Å². The second-order valence-corrected chi connectivity index (χ2v) is 4.70. The molecular weight excluding hydrogens is 224 g/mol. The van der Waals surface area contributed by atoms with E-state index < -0.39 is 6.10 Å². The second kappa shape index (κ2) is 6.62. The van der Waals surface area contributed by atoms with Crippen molar-refractivity contribution in [3.8, 4) is 0 Å². The quantitative estimate of drug-likeness (QED) is 0.694. The van der Waals surface area contributed by atoms with Gasteiger partial charge in [-0.15, -0.1) is 11.3 Å². The van der Waals surface area contributed by atoms with Crippen molar-refractivity contribution in [1.29, 1.82) is 0 Å². The van der Waals surface area contributed by atoms with E-state index in [9.17, 15) is 9.90 Å². The van der Waals surface area contributed by atoms with Gasteiger partial charge in [0.05, 0.1) is 0 Å². The molecule has 0 radical (unpaired) electrons. The van der Waals surface area contributed by atoms with Gasteiger partial charge in [-0.3, -0.25) is 4.79 Å². The lowest BCUT2D eigenvalue weighted by Gasteiger charge is -2.15. The summed E-state index contributed by atoms with van der Waals surface area (Å²) >= 11 is 1.53. The third kappa shape index (κ3) is 4.30. The molecule has 1 heterocycles. The minimum absolute atomic E-state index is 0.00520. The molecule has 2 unspecified atom stereocenters. The Morgan fingerprint density at radius 1 is 1.62 bits per heavy atom. The fraction of sp³-hybridized carbons (Fsp3) is 0.545. The predicted molar refractivity (Wildman–Crippen MR) is 65.4 cm³/mol. The number of carbonyl (C=O) groups excluding carboxylic acids is 1. The lowest BCUT2D eigenvalue weighted by molar-refractivity contribution is -0.121. The normalized spacial score (nSPS) is 14.4. The molecule has 1 rings (SSSR count). The first kappa shape index (κ1) is 13.2. The Labute approximate surface area is 99.7 Å². The fourth-order valence-corrected chi connectivity index (χ4v) is 2.06. The molecule has 1 aromatic heterocycles. The predicted octanol–water partition coefficient (Wildman–Crippen LogP) is 0.896. The molecule has 0 saturated heterocycles. The first-order valence-corrected chi connectivity index (χ1v) is 6.17. The summed E-state index contributed by atoms with van der Waals surface area (Å²) in [4.78, 5) is 12.0. The fourth-order valence-electron chi connectivity index (χ4n) is 1.35. The zero-order valence-corrected chi connectivity index (χ0v) is 10.4. The van der Waals surface area contributed by atoms with E-state index in [0.717, 1.165) is 4.88 Å². The van der Waals surface area contributed by atoms with Gasteiger partial charge >= 0.3 is 0 Å². The average molecular weight is 242 g/mol. The average Bonchev–Trinajstić information content (AvgIpc) is 2.79. The standard InChI is InChI=1S/C11H18N2O2S/c1-8(6-11(15)12-2)13-7-9(14)10-4-3-5-16-10/h3-5,8-9,13-14H,6-7H2,1-2H3,(H,12,15). The van der Waals surface area contributed by atoms with Crippen LogP contribution >= 0.6 is 11.3 Å². The largest absolute Gasteiger partial charge is 0.386 e. The molecule has 90 valence electrons. The van der Waals surface area contributed by atoms with Crippen molar-refractivity contribution in [3.63, 3.8) is 0 Å². The highest BCUT2D eigenvalue weighted by molar-refractivity contribution is 7.10. The maximum Gasteiger partial charge on any atom is 0.221 e. The molecule has 3 N–H and O–H groups in total. The lowest BCUT2D eigenvalue weighted by atomic mass is 10.2. The number of nitrogens with one attached hydrogen (secondary N) is 2. The van der Waals surface area contributed by atoms with Crippen LogP contribution in [0.3, 0.4) is 0 Å². The van der Waals surface area contributed by atoms with Crippen LogP contribution in [0.4, 0.5) is 0 Å². The van der Waals surface area contributed by atoms with Crippen molar-refractivity contribution in [2.75, 3.05) is 13.6 Å². The second-order valence-electron chi connectivity index (χ2n) is 3.72. The SMILES string of the molecule is CNC(=O)CC(C)NCC(O)c1cccs1. The Morgan fingerprint density at radius 2 is 2.38 bits per heavy atom. The highest BCUT2D eigenvalue weighted by Gasteiger charge is 2.11. The molecule has 0 bridgehead atoms. The van der Waals surface area contributed by atoms with Crippen LogP contribution in [0.1, 0.15) is 24.3 Å². The summed E-state index contributed by atoms with van der Waals surface area (Å²) in [7, 11) is 1.62. The first-order valence-electron chi connectivity index (χ1n) is 5.29. The van der Waals surface area contributed by atoms with Gasteiger partial charge in [-0.25, -0.2) is 0 Å². The van der Waals surface area contributed by atoms with Crippen LogP contribution in [0, 0.1) is 0 Å². The van der Waals surface area contributed by atoms with Crippen LogP contribution in [0.5, 0.6) is 0 Å². The third-order valence-electron chi connectivity index (χ3n) is 2.30. The molecule has 0 aromatic carbocycles. The Kier molecular flexibility index (Phi) is 5.45. The van der Waals surface area contributed by atoms with Gasteiger partial charge < -0.3 is 15.7 Å². The van der Waals surface area contributed by atoms with Gasteiger partial charge in [0, 0.05) is 30.9 Å². The molecular formula is C11H18N2O2S. The molecule has 0 aliphatic rings. The Bertz CT molecular complexity index is 314. The van der Waals surface area contributed by atoms with Crippen molar-refractivity contribution >= 4 is 17.2 Å². The molecule has 0 fully saturated rings. The van der Waals surface area contributed by atoms with Crippen molar-refractivity contribution in [2.45, 2.75) is 25.5 Å². The van der Waals surface area contributed by atoms with Crippen molar-refractivity contribution in [1.82, 2.24) is 10.6 Å². The van der Waals surface area contributed by atoms with Crippen molar-refractivity contribution in [2.24, 2.45) is 0 Å². The highest BCUT2D eigenvalue weighted by atomic mass is 32.1. The molecule has 1 amide bonds. The van der Waals surface area contributed by atoms with Gasteiger partial charge in [0.15, 0.2) is 0 Å². The summed E-state index contributed by atoms with van der Waals surface area (Å²) in [6, 6.07) is 3.88. The maximum atomic E-state index is 11.1. The van der Waals surface area contributed by atoms with Crippen LogP contribution in [0.25, 0.3) is 0 Å². The number of hydrogen-bond donors (Lipinski definition) is 3.